The number of aryl methyl sites for hydroxylation is 1. The monoisotopic (exact) mass is 280 g/mol. The van der Waals surface area contributed by atoms with Crippen LogP contribution in [0.3, 0.4) is 0 Å². The molecule has 1 aromatic heterocycles. The van der Waals surface area contributed by atoms with Gasteiger partial charge in [-0.1, -0.05) is 0 Å². The Labute approximate surface area is 120 Å². The fourth-order valence-corrected chi connectivity index (χ4v) is 3.47. The zero-order valence-electron chi connectivity index (χ0n) is 11.8. The van der Waals surface area contributed by atoms with Crippen LogP contribution >= 0.6 is 11.8 Å². The van der Waals surface area contributed by atoms with Gasteiger partial charge in [0.25, 0.3) is 0 Å². The van der Waals surface area contributed by atoms with Gasteiger partial charge in [0.2, 0.25) is 0 Å². The highest BCUT2D eigenvalue weighted by atomic mass is 32.2. The molecule has 4 heteroatoms. The van der Waals surface area contributed by atoms with E-state index in [0.717, 1.165) is 30.7 Å². The minimum atomic E-state index is 0.746. The zero-order chi connectivity index (χ0) is 13.1. The van der Waals surface area contributed by atoms with Crippen LogP contribution in [0.15, 0.2) is 10.5 Å². The number of thioether (sulfide) groups is 1. The molecule has 0 aromatic carbocycles. The van der Waals surface area contributed by atoms with E-state index in [2.05, 4.69) is 35.0 Å². The van der Waals surface area contributed by atoms with Crippen LogP contribution in [0, 0.1) is 6.92 Å². The molecule has 1 aliphatic heterocycles. The van der Waals surface area contributed by atoms with Crippen LogP contribution in [0.4, 0.5) is 0 Å². The molecule has 0 bridgehead atoms. The van der Waals surface area contributed by atoms with Gasteiger partial charge in [-0.2, -0.15) is 11.8 Å². The van der Waals surface area contributed by atoms with Crippen LogP contribution in [0.5, 0.6) is 0 Å². The second kappa shape index (κ2) is 6.33. The molecule has 2 aliphatic rings. The van der Waals surface area contributed by atoms with Crippen molar-refractivity contribution in [1.82, 2.24) is 10.2 Å². The van der Waals surface area contributed by atoms with Gasteiger partial charge in [0, 0.05) is 18.3 Å². The van der Waals surface area contributed by atoms with E-state index < -0.39 is 0 Å². The molecule has 1 aliphatic carbocycles. The molecule has 3 rings (SSSR count). The lowest BCUT2D eigenvalue weighted by atomic mass is 10.2. The number of furan rings is 1. The summed E-state index contributed by atoms with van der Waals surface area (Å²) in [6.07, 6.45) is 3.97. The third-order valence-corrected chi connectivity index (χ3v) is 4.94. The lowest BCUT2D eigenvalue weighted by Gasteiger charge is -2.17. The zero-order valence-corrected chi connectivity index (χ0v) is 12.6. The second-order valence-electron chi connectivity index (χ2n) is 5.72. The average molecular weight is 280 g/mol. The number of hydrogen-bond donors (Lipinski definition) is 1. The van der Waals surface area contributed by atoms with Crippen molar-refractivity contribution >= 4 is 11.8 Å². The first kappa shape index (κ1) is 13.5. The minimum absolute atomic E-state index is 0.746. The van der Waals surface area contributed by atoms with Crippen molar-refractivity contribution in [2.75, 3.05) is 24.6 Å². The Balaban J connectivity index is 1.55. The van der Waals surface area contributed by atoms with Crippen LogP contribution in [0.2, 0.25) is 0 Å². The molecule has 2 fully saturated rings. The largest absolute Gasteiger partial charge is 0.463 e. The molecular formula is C15H24N2OS. The SMILES string of the molecule is Cc1cc(CN2CCCSCC2)oc1CNC1CC1. The molecule has 0 radical (unpaired) electrons. The van der Waals surface area contributed by atoms with E-state index in [1.807, 2.05) is 0 Å². The van der Waals surface area contributed by atoms with Gasteiger partial charge in [-0.25, -0.2) is 0 Å². The van der Waals surface area contributed by atoms with E-state index in [1.54, 1.807) is 0 Å². The molecule has 3 nitrogen and oxygen atoms in total. The van der Waals surface area contributed by atoms with Gasteiger partial charge in [-0.15, -0.1) is 0 Å². The fraction of sp³-hybridized carbons (Fsp3) is 0.733. The molecular weight excluding hydrogens is 256 g/mol. The predicted octanol–water partition coefficient (Wildman–Crippen LogP) is 2.78. The number of nitrogens with one attached hydrogen (secondary N) is 1. The first-order chi connectivity index (χ1) is 9.31. The predicted molar refractivity (Wildman–Crippen MR) is 80.5 cm³/mol. The smallest absolute Gasteiger partial charge is 0.120 e. The third-order valence-electron chi connectivity index (χ3n) is 3.89. The Kier molecular flexibility index (Phi) is 4.51. The van der Waals surface area contributed by atoms with E-state index in [9.17, 15) is 0 Å². The Morgan fingerprint density at radius 3 is 3.11 bits per heavy atom. The molecule has 1 saturated heterocycles. The van der Waals surface area contributed by atoms with Crippen molar-refractivity contribution in [3.8, 4) is 0 Å². The molecule has 0 spiro atoms. The topological polar surface area (TPSA) is 28.4 Å². The summed E-state index contributed by atoms with van der Waals surface area (Å²) in [5.74, 6) is 4.84. The Hall–Kier alpha value is -0.450. The van der Waals surface area contributed by atoms with Gasteiger partial charge in [0.1, 0.15) is 11.5 Å². The van der Waals surface area contributed by atoms with Gasteiger partial charge in [-0.3, -0.25) is 4.90 Å². The van der Waals surface area contributed by atoms with Crippen molar-refractivity contribution in [3.05, 3.63) is 23.2 Å². The summed E-state index contributed by atoms with van der Waals surface area (Å²) in [6, 6.07) is 2.97. The van der Waals surface area contributed by atoms with Gasteiger partial charge < -0.3 is 9.73 Å². The highest BCUT2D eigenvalue weighted by Gasteiger charge is 2.21. The number of nitrogens with zero attached hydrogens (tertiary/aromatic N) is 1. The van der Waals surface area contributed by atoms with Crippen LogP contribution < -0.4 is 5.32 Å². The van der Waals surface area contributed by atoms with E-state index in [-0.39, 0.29) is 0 Å². The highest BCUT2D eigenvalue weighted by molar-refractivity contribution is 7.99. The van der Waals surface area contributed by atoms with Crippen molar-refractivity contribution < 1.29 is 4.42 Å². The Morgan fingerprint density at radius 2 is 2.26 bits per heavy atom. The molecule has 19 heavy (non-hydrogen) atoms. The first-order valence-corrected chi connectivity index (χ1v) is 8.58. The quantitative estimate of drug-likeness (QED) is 0.898. The normalized spacial score (nSPS) is 21.5. The summed E-state index contributed by atoms with van der Waals surface area (Å²) < 4.78 is 6.03. The van der Waals surface area contributed by atoms with Crippen LogP contribution in [-0.4, -0.2) is 35.5 Å². The molecule has 1 saturated carbocycles. The van der Waals surface area contributed by atoms with Crippen molar-refractivity contribution in [3.63, 3.8) is 0 Å². The molecule has 0 unspecified atom stereocenters. The summed E-state index contributed by atoms with van der Waals surface area (Å²) in [6.45, 7) is 6.44. The molecule has 1 aromatic rings. The summed E-state index contributed by atoms with van der Waals surface area (Å²) in [7, 11) is 0. The lowest BCUT2D eigenvalue weighted by Crippen LogP contribution is -2.25. The van der Waals surface area contributed by atoms with Crippen LogP contribution in [0.25, 0.3) is 0 Å². The van der Waals surface area contributed by atoms with Gasteiger partial charge in [0.05, 0.1) is 13.1 Å². The maximum atomic E-state index is 6.03. The van der Waals surface area contributed by atoms with E-state index >= 15 is 0 Å². The standard InChI is InChI=1S/C15H24N2OS/c1-12-9-14(11-17-5-2-7-19-8-6-17)18-15(12)10-16-13-3-4-13/h9,13,16H,2-8,10-11H2,1H3. The molecule has 0 amide bonds. The molecule has 106 valence electrons. The Bertz CT molecular complexity index is 406. The summed E-state index contributed by atoms with van der Waals surface area (Å²) >= 11 is 2.07. The van der Waals surface area contributed by atoms with E-state index in [0.29, 0.717) is 0 Å². The van der Waals surface area contributed by atoms with Crippen molar-refractivity contribution in [2.24, 2.45) is 0 Å². The first-order valence-electron chi connectivity index (χ1n) is 7.43. The third kappa shape index (κ3) is 4.01. The highest BCUT2D eigenvalue weighted by Crippen LogP contribution is 2.22. The Morgan fingerprint density at radius 1 is 1.37 bits per heavy atom. The van der Waals surface area contributed by atoms with Gasteiger partial charge >= 0.3 is 0 Å². The average Bonchev–Trinajstić information content (AvgIpc) is 3.17. The molecule has 1 N–H and O–H groups in total. The fourth-order valence-electron chi connectivity index (χ4n) is 2.54. The van der Waals surface area contributed by atoms with Crippen molar-refractivity contribution in [1.29, 1.82) is 0 Å². The second-order valence-corrected chi connectivity index (χ2v) is 6.94. The maximum Gasteiger partial charge on any atom is 0.120 e. The lowest BCUT2D eigenvalue weighted by molar-refractivity contribution is 0.258. The van der Waals surface area contributed by atoms with E-state index in [1.165, 1.54) is 49.4 Å². The number of rotatable bonds is 5. The van der Waals surface area contributed by atoms with E-state index in [4.69, 9.17) is 4.42 Å². The van der Waals surface area contributed by atoms with Crippen LogP contribution in [-0.2, 0) is 13.1 Å². The van der Waals surface area contributed by atoms with Crippen LogP contribution in [0.1, 0.15) is 36.3 Å². The maximum absolute atomic E-state index is 6.03. The molecule has 2 heterocycles. The van der Waals surface area contributed by atoms with Crippen molar-refractivity contribution in [2.45, 2.75) is 45.3 Å². The number of hydrogen-bond acceptors (Lipinski definition) is 4. The van der Waals surface area contributed by atoms with Gasteiger partial charge in [0.15, 0.2) is 0 Å². The summed E-state index contributed by atoms with van der Waals surface area (Å²) in [5, 5.41) is 3.53. The molecule has 0 atom stereocenters. The summed E-state index contributed by atoms with van der Waals surface area (Å²) in [5.41, 5.74) is 1.30. The van der Waals surface area contributed by atoms with Gasteiger partial charge in [-0.05, 0) is 50.1 Å². The summed E-state index contributed by atoms with van der Waals surface area (Å²) in [4.78, 5) is 2.52. The minimum Gasteiger partial charge on any atom is -0.463 e.